The average molecular weight is 740 g/mol. The van der Waals surface area contributed by atoms with E-state index in [0.29, 0.717) is 0 Å². The fourth-order valence-electron chi connectivity index (χ4n) is 8.39. The number of hydrogen-bond acceptors (Lipinski definition) is 0. The molecular formula is C49H60Zr. The predicted octanol–water partition coefficient (Wildman–Crippen LogP) is 12.2. The molecule has 0 atom stereocenters. The average Bonchev–Trinajstić information content (AvgIpc) is 3.68. The molecule has 0 nitrogen and oxygen atoms in total. The molecule has 0 saturated heterocycles. The molecule has 0 N–H and O–H groups in total. The molecule has 0 radical (unpaired) electrons. The maximum absolute atomic E-state index is 2.77. The van der Waals surface area contributed by atoms with E-state index >= 15 is 0 Å². The minimum atomic E-state index is -2.77. The van der Waals surface area contributed by atoms with Crippen LogP contribution in [0.25, 0.3) is 11.1 Å². The molecule has 0 saturated carbocycles. The van der Waals surface area contributed by atoms with Gasteiger partial charge in [-0.2, -0.15) is 0 Å². The van der Waals surface area contributed by atoms with E-state index in [0.717, 1.165) is 25.7 Å². The molecule has 0 heterocycles. The van der Waals surface area contributed by atoms with E-state index in [9.17, 15) is 0 Å². The van der Waals surface area contributed by atoms with E-state index in [1.54, 1.807) is 26.4 Å². The summed E-state index contributed by atoms with van der Waals surface area (Å²) >= 11 is -2.77. The van der Waals surface area contributed by atoms with Crippen LogP contribution in [0.1, 0.15) is 134 Å². The molecule has 1 heteroatoms. The second kappa shape index (κ2) is 13.6. The summed E-state index contributed by atoms with van der Waals surface area (Å²) in [6.45, 7) is 29.2. The van der Waals surface area contributed by atoms with Crippen LogP contribution in [-0.2, 0) is 62.2 Å². The van der Waals surface area contributed by atoms with Gasteiger partial charge in [0.05, 0.1) is 0 Å². The van der Waals surface area contributed by atoms with Crippen molar-refractivity contribution in [3.05, 3.63) is 145 Å². The van der Waals surface area contributed by atoms with Crippen molar-refractivity contribution in [1.82, 2.24) is 0 Å². The SMILES string of the molecule is CC(C)(C)c1cc2c(cc1C(C)(C)C)-c1cc(C(C)(C)C)c(C(C)(C)C)[c]([Zr]([C]3=CC=CC3)=[C](Cc3ccccc3)Cc3ccccc3)c1C2. The van der Waals surface area contributed by atoms with Gasteiger partial charge in [-0.3, -0.25) is 0 Å². The van der Waals surface area contributed by atoms with Crippen molar-refractivity contribution in [2.45, 2.75) is 130 Å². The Morgan fingerprint density at radius 3 is 1.54 bits per heavy atom. The van der Waals surface area contributed by atoms with E-state index in [1.165, 1.54) is 38.9 Å². The first-order chi connectivity index (χ1) is 23.3. The van der Waals surface area contributed by atoms with E-state index < -0.39 is 21.3 Å². The topological polar surface area (TPSA) is 0 Å². The summed E-state index contributed by atoms with van der Waals surface area (Å²) in [6.07, 6.45) is 11.5. The van der Waals surface area contributed by atoms with Crippen LogP contribution in [0.3, 0.4) is 0 Å². The monoisotopic (exact) mass is 738 g/mol. The van der Waals surface area contributed by atoms with Crippen molar-refractivity contribution in [3.8, 4) is 11.1 Å². The molecule has 0 aliphatic heterocycles. The van der Waals surface area contributed by atoms with Gasteiger partial charge in [0.2, 0.25) is 0 Å². The fraction of sp³-hybridized carbons (Fsp3) is 0.408. The molecule has 0 spiro atoms. The second-order valence-corrected chi connectivity index (χ2v) is 25.4. The number of fused-ring (bicyclic) bond motifs is 3. The Balaban J connectivity index is 1.77. The quantitative estimate of drug-likeness (QED) is 0.163. The van der Waals surface area contributed by atoms with Gasteiger partial charge in [-0.25, -0.2) is 0 Å². The van der Waals surface area contributed by atoms with Crippen molar-refractivity contribution in [2.24, 2.45) is 0 Å². The zero-order chi connectivity index (χ0) is 36.2. The van der Waals surface area contributed by atoms with Crippen LogP contribution >= 0.6 is 0 Å². The zero-order valence-electron chi connectivity index (χ0n) is 33.1. The first-order valence-corrected chi connectivity index (χ1v) is 22.6. The predicted molar refractivity (Wildman–Crippen MR) is 216 cm³/mol. The van der Waals surface area contributed by atoms with Crippen molar-refractivity contribution in [1.29, 1.82) is 0 Å². The molecule has 0 unspecified atom stereocenters. The normalized spacial score (nSPS) is 14.4. The molecule has 2 aliphatic rings. The number of allylic oxidation sites excluding steroid dienone is 4. The third kappa shape index (κ3) is 7.51. The van der Waals surface area contributed by atoms with Gasteiger partial charge in [-0.05, 0) is 0 Å². The van der Waals surface area contributed by atoms with Gasteiger partial charge < -0.3 is 0 Å². The molecule has 0 fully saturated rings. The summed E-state index contributed by atoms with van der Waals surface area (Å²) in [4.78, 5) is 0. The molecular weight excluding hydrogens is 680 g/mol. The van der Waals surface area contributed by atoms with Crippen molar-refractivity contribution in [2.75, 3.05) is 0 Å². The van der Waals surface area contributed by atoms with Gasteiger partial charge in [0.15, 0.2) is 0 Å². The molecule has 0 aromatic heterocycles. The summed E-state index contributed by atoms with van der Waals surface area (Å²) < 4.78 is 5.31. The molecule has 2 aliphatic carbocycles. The first kappa shape index (κ1) is 36.9. The Morgan fingerprint density at radius 2 is 1.08 bits per heavy atom. The first-order valence-electron chi connectivity index (χ1n) is 18.9. The molecule has 4 aromatic carbocycles. The Kier molecular flexibility index (Phi) is 10.0. The van der Waals surface area contributed by atoms with Crippen LogP contribution < -0.4 is 3.27 Å². The molecule has 4 aromatic rings. The van der Waals surface area contributed by atoms with Crippen LogP contribution in [0.4, 0.5) is 0 Å². The Morgan fingerprint density at radius 1 is 0.580 bits per heavy atom. The van der Waals surface area contributed by atoms with Gasteiger partial charge in [-0.1, -0.05) is 0 Å². The molecule has 6 rings (SSSR count). The van der Waals surface area contributed by atoms with E-state index in [4.69, 9.17) is 0 Å². The number of hydrogen-bond donors (Lipinski definition) is 0. The van der Waals surface area contributed by atoms with Crippen LogP contribution in [0.5, 0.6) is 0 Å². The summed E-state index contributed by atoms with van der Waals surface area (Å²) in [7, 11) is 0. The van der Waals surface area contributed by atoms with Crippen LogP contribution in [0.15, 0.2) is 100 Å². The summed E-state index contributed by atoms with van der Waals surface area (Å²) in [5, 5.41) is 0. The molecule has 0 bridgehead atoms. The van der Waals surface area contributed by atoms with E-state index in [-0.39, 0.29) is 21.7 Å². The zero-order valence-corrected chi connectivity index (χ0v) is 35.5. The van der Waals surface area contributed by atoms with Crippen molar-refractivity contribution >= 4 is 6.48 Å². The number of rotatable bonds is 6. The van der Waals surface area contributed by atoms with E-state index in [1.807, 2.05) is 0 Å². The Labute approximate surface area is 312 Å². The molecule has 0 amide bonds. The van der Waals surface area contributed by atoms with Gasteiger partial charge in [0, 0.05) is 0 Å². The molecule has 50 heavy (non-hydrogen) atoms. The fourth-order valence-corrected chi connectivity index (χ4v) is 17.6. The van der Waals surface area contributed by atoms with Crippen LogP contribution in [0, 0.1) is 0 Å². The van der Waals surface area contributed by atoms with Gasteiger partial charge in [0.25, 0.3) is 0 Å². The Hall–Kier alpha value is -2.89. The molecule has 260 valence electrons. The summed E-state index contributed by atoms with van der Waals surface area (Å²) in [5.74, 6) is 0. The summed E-state index contributed by atoms with van der Waals surface area (Å²) in [6, 6.07) is 30.5. The maximum atomic E-state index is 2.66. The number of benzene rings is 4. The van der Waals surface area contributed by atoms with Gasteiger partial charge >= 0.3 is 314 Å². The summed E-state index contributed by atoms with van der Waals surface area (Å²) in [5.41, 5.74) is 15.4. The van der Waals surface area contributed by atoms with Gasteiger partial charge in [0.1, 0.15) is 0 Å². The van der Waals surface area contributed by atoms with Crippen molar-refractivity contribution < 1.29 is 21.3 Å². The van der Waals surface area contributed by atoms with Crippen molar-refractivity contribution in [3.63, 3.8) is 0 Å². The van der Waals surface area contributed by atoms with Gasteiger partial charge in [-0.15, -0.1) is 0 Å². The third-order valence-electron chi connectivity index (χ3n) is 10.7. The van der Waals surface area contributed by atoms with Crippen LogP contribution in [0.2, 0.25) is 0 Å². The van der Waals surface area contributed by atoms with E-state index in [2.05, 4.69) is 180 Å². The second-order valence-electron chi connectivity index (χ2n) is 19.1. The standard InChI is InChI=1S/C29H41.C15H14.C5H5.Zr/c1-26(2,3)22-14-18-13-19-15-23(27(4,5)6)25(29(10,11)12)17-21(19)20(18)16-24(22)28(7,8)9;1-3-8-14(9-4-1)12-7-13-15-10-5-2-6-11-15;1-2-4-5-3-1;/h14,16-17H,13H2,1-12H3;1-6,8-11H,12-13H2;1-3H,4H2;. The Bertz CT molecular complexity index is 1940. The minimum absolute atomic E-state index is 0.0118. The third-order valence-corrected chi connectivity index (χ3v) is 18.4. The van der Waals surface area contributed by atoms with Crippen LogP contribution in [-0.4, -0.2) is 3.21 Å².